The van der Waals surface area contributed by atoms with E-state index in [2.05, 4.69) is 30.3 Å². The summed E-state index contributed by atoms with van der Waals surface area (Å²) in [7, 11) is 0. The molecule has 2 aliphatic heterocycles. The second-order valence-corrected chi connectivity index (χ2v) is 11.7. The number of carbonyl (C=O) groups is 2. The SMILES string of the molecule is N#Cc1ccc(C(=O)C2CC3CCC(C2)N3C(=O)OCC2c3ccccc3-c3ccccc32)cc1OCc1ccccc1. The van der Waals surface area contributed by atoms with Gasteiger partial charge in [-0.1, -0.05) is 78.9 Å². The van der Waals surface area contributed by atoms with Crippen LogP contribution in [0, 0.1) is 17.2 Å². The highest BCUT2D eigenvalue weighted by molar-refractivity contribution is 5.98. The molecular formula is C37H32N2O4. The van der Waals surface area contributed by atoms with E-state index >= 15 is 0 Å². The van der Waals surface area contributed by atoms with Crippen LogP contribution in [0.5, 0.6) is 5.75 Å². The van der Waals surface area contributed by atoms with Crippen molar-refractivity contribution >= 4 is 11.9 Å². The molecule has 0 N–H and O–H groups in total. The molecule has 2 bridgehead atoms. The molecule has 6 nitrogen and oxygen atoms in total. The molecule has 0 radical (unpaired) electrons. The minimum absolute atomic E-state index is 0.0165. The van der Waals surface area contributed by atoms with Crippen LogP contribution in [0.1, 0.15) is 64.2 Å². The number of nitrogens with zero attached hydrogens (tertiary/aromatic N) is 2. The maximum atomic E-state index is 13.7. The van der Waals surface area contributed by atoms with Gasteiger partial charge in [-0.2, -0.15) is 5.26 Å². The quantitative estimate of drug-likeness (QED) is 0.216. The minimum Gasteiger partial charge on any atom is -0.487 e. The Hall–Kier alpha value is -4.89. The molecule has 4 aromatic rings. The number of Topliss-reactive ketones (excluding diaryl/α,β-unsaturated/α-hetero) is 1. The number of hydrogen-bond acceptors (Lipinski definition) is 5. The zero-order chi connectivity index (χ0) is 29.3. The number of ketones is 1. The number of rotatable bonds is 7. The average Bonchev–Trinajstić information content (AvgIpc) is 3.52. The Labute approximate surface area is 251 Å². The highest BCUT2D eigenvalue weighted by atomic mass is 16.6. The molecule has 2 unspecified atom stereocenters. The number of amides is 1. The Morgan fingerprint density at radius 2 is 1.44 bits per heavy atom. The molecule has 1 amide bonds. The summed E-state index contributed by atoms with van der Waals surface area (Å²) in [6.45, 7) is 0.609. The van der Waals surface area contributed by atoms with Crippen molar-refractivity contribution in [3.8, 4) is 22.9 Å². The molecule has 2 atom stereocenters. The second-order valence-electron chi connectivity index (χ2n) is 11.7. The molecule has 0 spiro atoms. The van der Waals surface area contributed by atoms with Gasteiger partial charge < -0.3 is 14.4 Å². The molecule has 3 aliphatic rings. The summed E-state index contributed by atoms with van der Waals surface area (Å²) in [5, 5.41) is 9.60. The van der Waals surface area contributed by atoms with Gasteiger partial charge in [-0.3, -0.25) is 4.79 Å². The molecule has 7 rings (SSSR count). The van der Waals surface area contributed by atoms with Crippen LogP contribution in [-0.4, -0.2) is 35.5 Å². The first-order valence-electron chi connectivity index (χ1n) is 15.0. The Kier molecular flexibility index (Phi) is 7.16. The lowest BCUT2D eigenvalue weighted by atomic mass is 9.84. The number of carbonyl (C=O) groups excluding carboxylic acids is 2. The summed E-state index contributed by atoms with van der Waals surface area (Å²) in [6, 6.07) is 33.6. The largest absolute Gasteiger partial charge is 0.487 e. The van der Waals surface area contributed by atoms with Crippen molar-refractivity contribution in [3.05, 3.63) is 125 Å². The van der Waals surface area contributed by atoms with Crippen LogP contribution in [0.25, 0.3) is 11.1 Å². The summed E-state index contributed by atoms with van der Waals surface area (Å²) in [5.74, 6) is 0.280. The summed E-state index contributed by atoms with van der Waals surface area (Å²) >= 11 is 0. The summed E-state index contributed by atoms with van der Waals surface area (Å²) < 4.78 is 12.0. The third kappa shape index (κ3) is 5.06. The van der Waals surface area contributed by atoms with Crippen LogP contribution in [0.2, 0.25) is 0 Å². The van der Waals surface area contributed by atoms with Gasteiger partial charge in [0.05, 0.1) is 5.56 Å². The highest BCUT2D eigenvalue weighted by Gasteiger charge is 2.46. The lowest BCUT2D eigenvalue weighted by Gasteiger charge is -2.37. The summed E-state index contributed by atoms with van der Waals surface area (Å²) in [5.41, 5.74) is 6.72. The molecule has 0 aromatic heterocycles. The van der Waals surface area contributed by atoms with Crippen molar-refractivity contribution < 1.29 is 19.1 Å². The monoisotopic (exact) mass is 568 g/mol. The van der Waals surface area contributed by atoms with Crippen LogP contribution in [0.4, 0.5) is 4.79 Å². The van der Waals surface area contributed by atoms with Gasteiger partial charge in [0.25, 0.3) is 0 Å². The zero-order valence-electron chi connectivity index (χ0n) is 23.8. The normalized spacial score (nSPS) is 20.2. The van der Waals surface area contributed by atoms with Gasteiger partial charge in [0.2, 0.25) is 0 Å². The van der Waals surface area contributed by atoms with E-state index in [9.17, 15) is 14.9 Å². The molecule has 214 valence electrons. The molecule has 2 heterocycles. The summed E-state index contributed by atoms with van der Waals surface area (Å²) in [4.78, 5) is 29.0. The fourth-order valence-corrected chi connectivity index (χ4v) is 7.22. The maximum Gasteiger partial charge on any atom is 0.410 e. The standard InChI is InChI=1S/C37H32N2O4/c38-21-26-15-14-25(20-35(26)42-22-24-8-2-1-3-9-24)36(40)27-18-28-16-17-29(19-27)39(28)37(41)43-23-34-32-12-6-4-10-30(32)31-11-5-7-13-33(31)34/h1-15,20,27-29,34H,16-19,22-23H2. The van der Waals surface area contributed by atoms with Gasteiger partial charge in [0.1, 0.15) is 25.0 Å². The fraction of sp³-hybridized carbons (Fsp3) is 0.270. The van der Waals surface area contributed by atoms with Crippen molar-refractivity contribution in [1.82, 2.24) is 4.90 Å². The second kappa shape index (κ2) is 11.4. The van der Waals surface area contributed by atoms with Crippen molar-refractivity contribution in [2.75, 3.05) is 6.61 Å². The molecule has 2 fully saturated rings. The third-order valence-corrected chi connectivity index (χ3v) is 9.27. The first kappa shape index (κ1) is 27.0. The van der Waals surface area contributed by atoms with E-state index in [0.717, 1.165) is 18.4 Å². The maximum absolute atomic E-state index is 13.7. The van der Waals surface area contributed by atoms with Gasteiger partial charge in [-0.05, 0) is 71.7 Å². The topological polar surface area (TPSA) is 79.6 Å². The van der Waals surface area contributed by atoms with E-state index in [1.165, 1.54) is 22.3 Å². The number of nitriles is 1. The van der Waals surface area contributed by atoms with Crippen LogP contribution < -0.4 is 4.74 Å². The lowest BCUT2D eigenvalue weighted by Crippen LogP contribution is -2.48. The van der Waals surface area contributed by atoms with Crippen molar-refractivity contribution in [2.45, 2.75) is 50.3 Å². The van der Waals surface area contributed by atoms with E-state index in [1.54, 1.807) is 18.2 Å². The fourth-order valence-electron chi connectivity index (χ4n) is 7.22. The van der Waals surface area contributed by atoms with Crippen LogP contribution in [0.15, 0.2) is 97.1 Å². The van der Waals surface area contributed by atoms with Gasteiger partial charge in [0.15, 0.2) is 5.78 Å². The molecule has 4 aromatic carbocycles. The van der Waals surface area contributed by atoms with Crippen LogP contribution in [0.3, 0.4) is 0 Å². The van der Waals surface area contributed by atoms with Crippen molar-refractivity contribution in [3.63, 3.8) is 0 Å². The highest BCUT2D eigenvalue weighted by Crippen LogP contribution is 2.45. The Balaban J connectivity index is 1.01. The molecule has 43 heavy (non-hydrogen) atoms. The average molecular weight is 569 g/mol. The van der Waals surface area contributed by atoms with Gasteiger partial charge >= 0.3 is 6.09 Å². The number of ether oxygens (including phenoxy) is 2. The van der Waals surface area contributed by atoms with Gasteiger partial charge in [0, 0.05) is 29.5 Å². The Morgan fingerprint density at radius 3 is 2.09 bits per heavy atom. The van der Waals surface area contributed by atoms with Crippen LogP contribution >= 0.6 is 0 Å². The predicted molar refractivity (Wildman–Crippen MR) is 163 cm³/mol. The van der Waals surface area contributed by atoms with E-state index in [4.69, 9.17) is 9.47 Å². The number of benzene rings is 4. The van der Waals surface area contributed by atoms with E-state index in [-0.39, 0.29) is 35.8 Å². The molecule has 0 saturated carbocycles. The Morgan fingerprint density at radius 1 is 0.814 bits per heavy atom. The minimum atomic E-state index is -0.282. The predicted octanol–water partition coefficient (Wildman–Crippen LogP) is 7.51. The van der Waals surface area contributed by atoms with Gasteiger partial charge in [-0.25, -0.2) is 4.79 Å². The Bertz CT molecular complexity index is 1670. The van der Waals surface area contributed by atoms with Crippen LogP contribution in [-0.2, 0) is 11.3 Å². The first-order valence-corrected chi connectivity index (χ1v) is 15.0. The molecular weight excluding hydrogens is 536 g/mol. The zero-order valence-corrected chi connectivity index (χ0v) is 23.8. The van der Waals surface area contributed by atoms with E-state index < -0.39 is 0 Å². The van der Waals surface area contributed by atoms with E-state index in [0.29, 0.717) is 42.9 Å². The van der Waals surface area contributed by atoms with Crippen molar-refractivity contribution in [2.24, 2.45) is 5.92 Å². The number of fused-ring (bicyclic) bond motifs is 5. The third-order valence-electron chi connectivity index (χ3n) is 9.27. The first-order chi connectivity index (χ1) is 21.1. The van der Waals surface area contributed by atoms with Crippen molar-refractivity contribution in [1.29, 1.82) is 5.26 Å². The molecule has 1 aliphatic carbocycles. The number of hydrogen-bond donors (Lipinski definition) is 0. The smallest absolute Gasteiger partial charge is 0.410 e. The molecule has 6 heteroatoms. The lowest BCUT2D eigenvalue weighted by molar-refractivity contribution is 0.0506. The van der Waals surface area contributed by atoms with E-state index in [1.807, 2.05) is 59.5 Å². The number of piperidine rings is 1. The summed E-state index contributed by atoms with van der Waals surface area (Å²) in [6.07, 6.45) is 2.68. The van der Waals surface area contributed by atoms with Gasteiger partial charge in [-0.15, -0.1) is 0 Å². The molecule has 2 saturated heterocycles.